The van der Waals surface area contributed by atoms with Crippen molar-refractivity contribution in [2.45, 2.75) is 65.1 Å². The maximum Gasteiger partial charge on any atom is 0.256 e. The van der Waals surface area contributed by atoms with Gasteiger partial charge in [-0.15, -0.1) is 0 Å². The molecule has 17 heteroatoms. The summed E-state index contributed by atoms with van der Waals surface area (Å²) in [5, 5.41) is 14.2. The van der Waals surface area contributed by atoms with Crippen molar-refractivity contribution in [3.63, 3.8) is 0 Å². The highest BCUT2D eigenvalue weighted by atomic mass is 16.6. The minimum Gasteiger partial charge on any atom is -0.379 e. The predicted molar refractivity (Wildman–Crippen MR) is 265 cm³/mol. The molecule has 1 aliphatic rings. The van der Waals surface area contributed by atoms with E-state index in [1.54, 1.807) is 12.1 Å². The lowest BCUT2D eigenvalue weighted by Gasteiger charge is -2.25. The fourth-order valence-electron chi connectivity index (χ4n) is 7.07. The van der Waals surface area contributed by atoms with E-state index in [1.165, 1.54) is 6.20 Å². The summed E-state index contributed by atoms with van der Waals surface area (Å²) in [6.45, 7) is 11.5. The number of para-hydroxylation sites is 1. The van der Waals surface area contributed by atoms with Crippen molar-refractivity contribution in [2.75, 3.05) is 84.1 Å². The SMILES string of the molecule is CNCCOCCOCCOCCOCCC(=O)NCc1ccc(C=O)c(CN(C)C(C)CCC(=O)NC=O)c1.Cc1ccccc1Nc1ncc(C=O)cc1NC(=O)C1=CC(C)c2ccccc21. The molecule has 0 saturated heterocycles. The molecule has 2 atom stereocenters. The number of nitrogens with zero attached hydrogens (tertiary/aromatic N) is 2. The number of allylic oxidation sites excluding steroid dienone is 1. The highest BCUT2D eigenvalue weighted by molar-refractivity contribution is 6.27. The van der Waals surface area contributed by atoms with Crippen LogP contribution in [0.15, 0.2) is 85.1 Å². The second kappa shape index (κ2) is 30.8. The molecule has 0 saturated carbocycles. The molecule has 0 spiro atoms. The Morgan fingerprint density at radius 2 is 1.48 bits per heavy atom. The first-order valence-corrected chi connectivity index (χ1v) is 23.1. The third kappa shape index (κ3) is 19.2. The van der Waals surface area contributed by atoms with Gasteiger partial charge in [-0.1, -0.05) is 73.7 Å². The molecule has 0 aliphatic heterocycles. The van der Waals surface area contributed by atoms with E-state index in [4.69, 9.17) is 18.9 Å². The summed E-state index contributed by atoms with van der Waals surface area (Å²) >= 11 is 0. The molecular weight excluding hydrogens is 883 g/mol. The Morgan fingerprint density at radius 1 is 0.797 bits per heavy atom. The zero-order valence-electron chi connectivity index (χ0n) is 40.3. The normalized spacial score (nSPS) is 13.0. The van der Waals surface area contributed by atoms with Crippen LogP contribution in [0.4, 0.5) is 17.2 Å². The van der Waals surface area contributed by atoms with E-state index in [-0.39, 0.29) is 42.5 Å². The average molecular weight is 950 g/mol. The Labute approximate surface area is 405 Å². The van der Waals surface area contributed by atoms with Crippen LogP contribution in [-0.2, 0) is 51.2 Å². The number of anilines is 3. The van der Waals surface area contributed by atoms with Gasteiger partial charge in [0.1, 0.15) is 6.29 Å². The van der Waals surface area contributed by atoms with E-state index in [0.717, 1.165) is 46.3 Å². The van der Waals surface area contributed by atoms with Gasteiger partial charge in [-0.3, -0.25) is 39.0 Å². The van der Waals surface area contributed by atoms with Crippen LogP contribution in [0.2, 0.25) is 0 Å². The van der Waals surface area contributed by atoms with Crippen LogP contribution in [0.25, 0.3) is 5.57 Å². The number of imide groups is 1. The first kappa shape index (κ1) is 55.1. The molecule has 3 aromatic carbocycles. The smallest absolute Gasteiger partial charge is 0.256 e. The number of benzene rings is 3. The number of amides is 4. The number of aryl methyl sites for hydroxylation is 1. The van der Waals surface area contributed by atoms with E-state index in [0.29, 0.717) is 113 Å². The van der Waals surface area contributed by atoms with Gasteiger partial charge in [0.15, 0.2) is 12.1 Å². The number of pyridine rings is 1. The summed E-state index contributed by atoms with van der Waals surface area (Å²) in [6, 6.07) is 22.9. The van der Waals surface area contributed by atoms with Crippen molar-refractivity contribution in [3.05, 3.63) is 124 Å². The van der Waals surface area contributed by atoms with Crippen LogP contribution in [0.3, 0.4) is 0 Å². The minimum atomic E-state index is -0.320. The molecular formula is C52H67N7O10. The molecule has 0 bridgehead atoms. The van der Waals surface area contributed by atoms with E-state index in [1.807, 2.05) is 99.6 Å². The van der Waals surface area contributed by atoms with E-state index in [9.17, 15) is 28.8 Å². The van der Waals surface area contributed by atoms with Crippen LogP contribution in [0.5, 0.6) is 0 Å². The van der Waals surface area contributed by atoms with Crippen LogP contribution in [0, 0.1) is 6.92 Å². The van der Waals surface area contributed by atoms with Gasteiger partial charge in [-0.2, -0.15) is 0 Å². The Morgan fingerprint density at radius 3 is 2.16 bits per heavy atom. The van der Waals surface area contributed by atoms with Gasteiger partial charge in [0.2, 0.25) is 18.2 Å². The molecule has 1 aliphatic carbocycles. The molecule has 4 aromatic rings. The first-order chi connectivity index (χ1) is 33.5. The van der Waals surface area contributed by atoms with Gasteiger partial charge in [-0.05, 0) is 74.3 Å². The number of fused-ring (bicyclic) bond motifs is 1. The standard InChI is InChI=1S/C28H46N4O8.C24H21N3O2/c1-23(4-7-27(35)31-22-34)32(3)20-26-18-24(5-6-25(26)21-33)19-30-28(36)8-10-37-12-14-39-16-17-40-15-13-38-11-9-29-2;1-15-7-3-6-10-21(15)26-23-22(12-17(14-28)13-25-23)27-24(29)20-11-16(2)18-8-4-5-9-19(18)20/h5-6,18,21-23,29H,4,7-17,19-20H2,1-3H3,(H,30,36)(H,31,34,35);3-14,16H,1-2H3,(H,25,26)(H,27,29). The van der Waals surface area contributed by atoms with Gasteiger partial charge < -0.3 is 40.2 Å². The van der Waals surface area contributed by atoms with Crippen molar-refractivity contribution in [2.24, 2.45) is 0 Å². The average Bonchev–Trinajstić information content (AvgIpc) is 3.70. The number of aromatic nitrogens is 1. The highest BCUT2D eigenvalue weighted by Crippen LogP contribution is 2.36. The highest BCUT2D eigenvalue weighted by Gasteiger charge is 2.25. The Balaban J connectivity index is 0.000000314. The number of hydrogen-bond donors (Lipinski definition) is 5. The molecule has 0 fully saturated rings. The zero-order valence-corrected chi connectivity index (χ0v) is 40.3. The lowest BCUT2D eigenvalue weighted by atomic mass is 10.0. The number of aldehydes is 2. The number of nitrogens with one attached hydrogen (secondary N) is 5. The minimum absolute atomic E-state index is 0.0531. The Bertz CT molecular complexity index is 2320. The van der Waals surface area contributed by atoms with E-state index < -0.39 is 0 Å². The summed E-state index contributed by atoms with van der Waals surface area (Å²) in [4.78, 5) is 76.4. The molecule has 0 radical (unpaired) electrons. The molecule has 5 N–H and O–H groups in total. The fourth-order valence-corrected chi connectivity index (χ4v) is 7.07. The Hall–Kier alpha value is -6.47. The molecule has 17 nitrogen and oxygen atoms in total. The topological polar surface area (TPSA) is 216 Å². The van der Waals surface area contributed by atoms with Crippen molar-refractivity contribution >= 4 is 59.5 Å². The molecule has 4 amide bonds. The maximum absolute atomic E-state index is 13.1. The van der Waals surface area contributed by atoms with Crippen molar-refractivity contribution < 1.29 is 47.7 Å². The van der Waals surface area contributed by atoms with Gasteiger partial charge in [0.05, 0.1) is 58.5 Å². The summed E-state index contributed by atoms with van der Waals surface area (Å²) in [6.07, 6.45) is 6.38. The van der Waals surface area contributed by atoms with Crippen LogP contribution < -0.4 is 26.6 Å². The number of carbonyl (C=O) groups excluding carboxylic acids is 6. The monoisotopic (exact) mass is 949 g/mol. The third-order valence-electron chi connectivity index (χ3n) is 11.2. The van der Waals surface area contributed by atoms with Crippen molar-refractivity contribution in [1.82, 2.24) is 25.8 Å². The second-order valence-electron chi connectivity index (χ2n) is 16.4. The Kier molecular flexibility index (Phi) is 24.6. The first-order valence-electron chi connectivity index (χ1n) is 23.1. The van der Waals surface area contributed by atoms with Gasteiger partial charge in [-0.25, -0.2) is 4.98 Å². The number of likely N-dealkylation sites (N-methyl/N-ethyl adjacent to an activating group) is 1. The molecule has 5 rings (SSSR count). The van der Waals surface area contributed by atoms with Gasteiger partial charge in [0.25, 0.3) is 5.91 Å². The number of ether oxygens (including phenoxy) is 4. The lowest BCUT2D eigenvalue weighted by molar-refractivity contribution is -0.125. The van der Waals surface area contributed by atoms with Gasteiger partial charge >= 0.3 is 0 Å². The van der Waals surface area contributed by atoms with Crippen LogP contribution >= 0.6 is 0 Å². The molecule has 2 unspecified atom stereocenters. The number of hydrogen-bond acceptors (Lipinski definition) is 14. The summed E-state index contributed by atoms with van der Waals surface area (Å²) in [5.41, 5.74) is 7.77. The number of rotatable bonds is 30. The summed E-state index contributed by atoms with van der Waals surface area (Å²) < 4.78 is 21.7. The quantitative estimate of drug-likeness (QED) is 0.0311. The lowest BCUT2D eigenvalue weighted by Crippen LogP contribution is -2.31. The van der Waals surface area contributed by atoms with Crippen molar-refractivity contribution in [3.8, 4) is 0 Å². The molecule has 1 aromatic heterocycles. The predicted octanol–water partition coefficient (Wildman–Crippen LogP) is 5.75. The summed E-state index contributed by atoms with van der Waals surface area (Å²) in [5.74, 6) is -0.0144. The number of carbonyl (C=O) groups is 6. The van der Waals surface area contributed by atoms with Crippen molar-refractivity contribution in [1.29, 1.82) is 0 Å². The molecule has 69 heavy (non-hydrogen) atoms. The fraction of sp³-hybridized carbons (Fsp3) is 0.404. The molecule has 370 valence electrons. The largest absolute Gasteiger partial charge is 0.379 e. The van der Waals surface area contributed by atoms with E-state index >= 15 is 0 Å². The molecule has 1 heterocycles. The van der Waals surface area contributed by atoms with Gasteiger partial charge in [0, 0.05) is 73.0 Å². The third-order valence-corrected chi connectivity index (χ3v) is 11.2. The van der Waals surface area contributed by atoms with Crippen LogP contribution in [0.1, 0.15) is 87.6 Å². The zero-order chi connectivity index (χ0) is 49.8. The second-order valence-corrected chi connectivity index (χ2v) is 16.4. The summed E-state index contributed by atoms with van der Waals surface area (Å²) in [7, 11) is 3.79. The maximum atomic E-state index is 13.1. The van der Waals surface area contributed by atoms with Crippen LogP contribution in [-0.4, -0.2) is 126 Å². The van der Waals surface area contributed by atoms with E-state index in [2.05, 4.69) is 38.5 Å².